The smallest absolute Gasteiger partial charge is 0.0994 e. The Labute approximate surface area is 89.6 Å². The van der Waals surface area contributed by atoms with Crippen molar-refractivity contribution in [2.24, 2.45) is 5.73 Å². The Kier molecular flexibility index (Phi) is 2.83. The first-order valence-electron chi connectivity index (χ1n) is 5.15. The van der Waals surface area contributed by atoms with Crippen molar-refractivity contribution < 1.29 is 0 Å². The predicted molar refractivity (Wildman–Crippen MR) is 60.8 cm³/mol. The Morgan fingerprint density at radius 2 is 2.27 bits per heavy atom. The maximum atomic E-state index is 5.64. The average Bonchev–Trinajstić information content (AvgIpc) is 2.77. The monoisotopic (exact) mass is 201 g/mol. The lowest BCUT2D eigenvalue weighted by atomic mass is 10.1. The van der Waals surface area contributed by atoms with Gasteiger partial charge >= 0.3 is 0 Å². The molecule has 0 bridgehead atoms. The number of hydrogen-bond donors (Lipinski definition) is 1. The van der Waals surface area contributed by atoms with Gasteiger partial charge in [-0.1, -0.05) is 19.1 Å². The van der Waals surface area contributed by atoms with Crippen molar-refractivity contribution in [3.63, 3.8) is 0 Å². The van der Waals surface area contributed by atoms with Crippen molar-refractivity contribution in [1.29, 1.82) is 0 Å². The van der Waals surface area contributed by atoms with Crippen molar-refractivity contribution in [1.82, 2.24) is 9.55 Å². The third-order valence-corrected chi connectivity index (χ3v) is 2.52. The molecule has 0 aliphatic heterocycles. The minimum absolute atomic E-state index is 0.510. The molecule has 3 nitrogen and oxygen atoms in total. The van der Waals surface area contributed by atoms with Crippen LogP contribution in [-0.2, 0) is 13.0 Å². The Morgan fingerprint density at radius 1 is 1.40 bits per heavy atom. The lowest BCUT2D eigenvalue weighted by Crippen LogP contribution is -2.04. The average molecular weight is 201 g/mol. The van der Waals surface area contributed by atoms with Crippen LogP contribution in [0, 0.1) is 0 Å². The van der Waals surface area contributed by atoms with E-state index < -0.39 is 0 Å². The number of aromatic nitrogens is 2. The molecule has 0 atom stereocenters. The van der Waals surface area contributed by atoms with Gasteiger partial charge in [0.15, 0.2) is 0 Å². The highest BCUT2D eigenvalue weighted by Gasteiger charge is 2.02. The summed E-state index contributed by atoms with van der Waals surface area (Å²) in [4.78, 5) is 4.11. The summed E-state index contributed by atoms with van der Waals surface area (Å²) in [5.41, 5.74) is 9.13. The molecule has 2 N–H and O–H groups in total. The van der Waals surface area contributed by atoms with Gasteiger partial charge in [-0.3, -0.25) is 0 Å². The first-order valence-corrected chi connectivity index (χ1v) is 5.15. The molecule has 78 valence electrons. The lowest BCUT2D eigenvalue weighted by molar-refractivity contribution is 0.907. The van der Waals surface area contributed by atoms with Crippen LogP contribution in [-0.4, -0.2) is 9.55 Å². The second kappa shape index (κ2) is 4.28. The van der Waals surface area contributed by atoms with Crippen LogP contribution in [0.15, 0.2) is 36.8 Å². The van der Waals surface area contributed by atoms with Gasteiger partial charge in [-0.05, 0) is 24.1 Å². The molecule has 0 saturated carbocycles. The van der Waals surface area contributed by atoms with Gasteiger partial charge in [0.05, 0.1) is 12.0 Å². The summed E-state index contributed by atoms with van der Waals surface area (Å²) in [5, 5.41) is 0. The Balaban J connectivity index is 2.44. The summed E-state index contributed by atoms with van der Waals surface area (Å²) in [6.45, 7) is 2.66. The van der Waals surface area contributed by atoms with Gasteiger partial charge in [0.1, 0.15) is 0 Å². The second-order valence-electron chi connectivity index (χ2n) is 3.48. The first-order chi connectivity index (χ1) is 7.35. The molecule has 1 aromatic heterocycles. The Morgan fingerprint density at radius 3 is 3.00 bits per heavy atom. The molecule has 0 fully saturated rings. The van der Waals surface area contributed by atoms with Crippen molar-refractivity contribution in [2.75, 3.05) is 0 Å². The molecule has 0 amide bonds. The fourth-order valence-electron chi connectivity index (χ4n) is 1.63. The molecular formula is C12H15N3. The molecule has 0 saturated heterocycles. The Hall–Kier alpha value is -1.61. The number of hydrogen-bond acceptors (Lipinski definition) is 2. The zero-order valence-electron chi connectivity index (χ0n) is 8.85. The van der Waals surface area contributed by atoms with E-state index in [-0.39, 0.29) is 0 Å². The van der Waals surface area contributed by atoms with E-state index in [9.17, 15) is 0 Å². The van der Waals surface area contributed by atoms with E-state index in [0.29, 0.717) is 6.54 Å². The molecule has 0 aliphatic carbocycles. The van der Waals surface area contributed by atoms with Crippen LogP contribution in [0.2, 0.25) is 0 Å². The van der Waals surface area contributed by atoms with Crippen LogP contribution >= 0.6 is 0 Å². The number of rotatable bonds is 3. The predicted octanol–water partition coefficient (Wildman–Crippen LogP) is 1.89. The second-order valence-corrected chi connectivity index (χ2v) is 3.48. The van der Waals surface area contributed by atoms with Crippen LogP contribution in [0.4, 0.5) is 0 Å². The molecule has 0 unspecified atom stereocenters. The Bertz CT molecular complexity index is 446. The van der Waals surface area contributed by atoms with Crippen molar-refractivity contribution in [2.45, 2.75) is 19.9 Å². The zero-order valence-corrected chi connectivity index (χ0v) is 8.85. The van der Waals surface area contributed by atoms with Crippen LogP contribution in [0.25, 0.3) is 5.69 Å². The SMILES string of the molecule is CCc1cccc(-n2cncc2CN)c1. The zero-order chi connectivity index (χ0) is 10.7. The fraction of sp³-hybridized carbons (Fsp3) is 0.250. The van der Waals surface area contributed by atoms with Gasteiger partial charge in [0.25, 0.3) is 0 Å². The van der Waals surface area contributed by atoms with Crippen LogP contribution in [0.3, 0.4) is 0 Å². The van der Waals surface area contributed by atoms with E-state index in [0.717, 1.165) is 17.8 Å². The molecule has 0 aliphatic rings. The highest BCUT2D eigenvalue weighted by Crippen LogP contribution is 2.13. The molecule has 15 heavy (non-hydrogen) atoms. The number of imidazole rings is 1. The summed E-state index contributed by atoms with van der Waals surface area (Å²) >= 11 is 0. The molecular weight excluding hydrogens is 186 g/mol. The highest BCUT2D eigenvalue weighted by atomic mass is 15.1. The standard InChI is InChI=1S/C12H15N3/c1-2-10-4-3-5-11(6-10)15-9-14-8-12(15)7-13/h3-6,8-9H,2,7,13H2,1H3. The summed E-state index contributed by atoms with van der Waals surface area (Å²) in [5.74, 6) is 0. The molecule has 1 aromatic carbocycles. The normalized spacial score (nSPS) is 10.5. The van der Waals surface area contributed by atoms with Crippen molar-refractivity contribution in [3.05, 3.63) is 48.0 Å². The largest absolute Gasteiger partial charge is 0.325 e. The highest BCUT2D eigenvalue weighted by molar-refractivity contribution is 5.37. The molecule has 3 heteroatoms. The number of nitrogens with two attached hydrogens (primary N) is 1. The van der Waals surface area contributed by atoms with E-state index >= 15 is 0 Å². The van der Waals surface area contributed by atoms with E-state index in [4.69, 9.17) is 5.73 Å². The van der Waals surface area contributed by atoms with Crippen LogP contribution in [0.1, 0.15) is 18.2 Å². The van der Waals surface area contributed by atoms with E-state index in [1.807, 2.05) is 4.57 Å². The minimum Gasteiger partial charge on any atom is -0.325 e. The molecule has 0 radical (unpaired) electrons. The molecule has 1 heterocycles. The van der Waals surface area contributed by atoms with Gasteiger partial charge < -0.3 is 10.3 Å². The van der Waals surface area contributed by atoms with Gasteiger partial charge in [-0.2, -0.15) is 0 Å². The molecule has 0 spiro atoms. The third kappa shape index (κ3) is 1.92. The molecule has 2 rings (SSSR count). The first kappa shape index (κ1) is 9.93. The quantitative estimate of drug-likeness (QED) is 0.824. The summed E-state index contributed by atoms with van der Waals surface area (Å²) in [6.07, 6.45) is 4.65. The van der Waals surface area contributed by atoms with Gasteiger partial charge in [-0.25, -0.2) is 4.98 Å². The van der Waals surface area contributed by atoms with Crippen LogP contribution in [0.5, 0.6) is 0 Å². The van der Waals surface area contributed by atoms with Crippen molar-refractivity contribution >= 4 is 0 Å². The fourth-order valence-corrected chi connectivity index (χ4v) is 1.63. The van der Waals surface area contributed by atoms with E-state index in [1.165, 1.54) is 5.56 Å². The third-order valence-electron chi connectivity index (χ3n) is 2.52. The van der Waals surface area contributed by atoms with E-state index in [1.54, 1.807) is 12.5 Å². The topological polar surface area (TPSA) is 43.8 Å². The number of nitrogens with zero attached hydrogens (tertiary/aromatic N) is 2. The summed E-state index contributed by atoms with van der Waals surface area (Å²) in [6, 6.07) is 8.43. The van der Waals surface area contributed by atoms with E-state index in [2.05, 4.69) is 36.2 Å². The van der Waals surface area contributed by atoms with Gasteiger partial charge in [-0.15, -0.1) is 0 Å². The van der Waals surface area contributed by atoms with Gasteiger partial charge in [0, 0.05) is 18.4 Å². The maximum absolute atomic E-state index is 5.64. The number of benzene rings is 1. The van der Waals surface area contributed by atoms with Crippen LogP contribution < -0.4 is 5.73 Å². The molecule has 2 aromatic rings. The lowest BCUT2D eigenvalue weighted by Gasteiger charge is -2.07. The van der Waals surface area contributed by atoms with Crippen molar-refractivity contribution in [3.8, 4) is 5.69 Å². The summed E-state index contributed by atoms with van der Waals surface area (Å²) in [7, 11) is 0. The minimum atomic E-state index is 0.510. The number of aryl methyl sites for hydroxylation is 1. The summed E-state index contributed by atoms with van der Waals surface area (Å²) < 4.78 is 2.03. The maximum Gasteiger partial charge on any atom is 0.0994 e. The van der Waals surface area contributed by atoms with Gasteiger partial charge in [0.2, 0.25) is 0 Å².